The smallest absolute Gasteiger partial charge is 0.328 e. The second-order valence-corrected chi connectivity index (χ2v) is 7.41. The van der Waals surface area contributed by atoms with Crippen LogP contribution < -0.4 is 21.2 Å². The van der Waals surface area contributed by atoms with Gasteiger partial charge in [-0.05, 0) is 37.3 Å². The van der Waals surface area contributed by atoms with Crippen LogP contribution in [0.25, 0.3) is 11.0 Å². The van der Waals surface area contributed by atoms with Gasteiger partial charge in [-0.3, -0.25) is 9.13 Å². The number of anilines is 2. The first kappa shape index (κ1) is 19.3. The van der Waals surface area contributed by atoms with Gasteiger partial charge in [-0.1, -0.05) is 0 Å². The molecule has 0 bridgehead atoms. The van der Waals surface area contributed by atoms with Crippen LogP contribution in [-0.2, 0) is 18.8 Å². The minimum absolute atomic E-state index is 0.0917. The van der Waals surface area contributed by atoms with Gasteiger partial charge in [-0.25, -0.2) is 9.59 Å². The number of nitrogens with one attached hydrogen (secondary N) is 2. The third kappa shape index (κ3) is 4.10. The molecule has 2 amide bonds. The van der Waals surface area contributed by atoms with Crippen molar-refractivity contribution >= 4 is 28.4 Å². The van der Waals surface area contributed by atoms with Crippen LogP contribution in [0.2, 0.25) is 0 Å². The summed E-state index contributed by atoms with van der Waals surface area (Å²) in [6.07, 6.45) is 3.17. The lowest BCUT2D eigenvalue weighted by molar-refractivity contribution is 0.0520. The number of urea groups is 1. The van der Waals surface area contributed by atoms with E-state index in [-0.39, 0.29) is 11.7 Å². The number of ether oxygens (including phenoxy) is 1. The fourth-order valence-corrected chi connectivity index (χ4v) is 3.60. The fourth-order valence-electron chi connectivity index (χ4n) is 3.60. The van der Waals surface area contributed by atoms with Crippen molar-refractivity contribution in [1.29, 1.82) is 0 Å². The van der Waals surface area contributed by atoms with E-state index in [0.717, 1.165) is 49.2 Å². The summed E-state index contributed by atoms with van der Waals surface area (Å²) >= 11 is 0. The Morgan fingerprint density at radius 3 is 2.59 bits per heavy atom. The van der Waals surface area contributed by atoms with Gasteiger partial charge in [0.25, 0.3) is 0 Å². The van der Waals surface area contributed by atoms with Gasteiger partial charge in [0.1, 0.15) is 0 Å². The van der Waals surface area contributed by atoms with Gasteiger partial charge in [0.2, 0.25) is 0 Å². The van der Waals surface area contributed by atoms with Gasteiger partial charge in [-0.15, -0.1) is 0 Å². The molecule has 0 unspecified atom stereocenters. The standard InChI is InChI=1S/C19H29N5O3/c1-22(2)15-11-17-16(23(3)19(26)24(17)4)10-14(15)21-18(25)20-8-7-13-6-5-9-27-12-13/h10-11,13H,5-9,12H2,1-4H3,(H2,20,21,25)/t13-/m1/s1. The third-order valence-electron chi connectivity index (χ3n) is 5.21. The number of carbonyl (C=O) groups excluding carboxylic acids is 1. The van der Waals surface area contributed by atoms with Crippen LogP contribution in [0, 0.1) is 5.92 Å². The summed E-state index contributed by atoms with van der Waals surface area (Å²) < 4.78 is 8.67. The molecule has 1 aliphatic heterocycles. The number of aryl methyl sites for hydroxylation is 2. The highest BCUT2D eigenvalue weighted by molar-refractivity contribution is 5.97. The largest absolute Gasteiger partial charge is 0.381 e. The van der Waals surface area contributed by atoms with E-state index in [1.165, 1.54) is 0 Å². The molecule has 27 heavy (non-hydrogen) atoms. The summed E-state index contributed by atoms with van der Waals surface area (Å²) in [5, 5.41) is 5.86. The van der Waals surface area contributed by atoms with E-state index in [4.69, 9.17) is 4.74 Å². The van der Waals surface area contributed by atoms with Crippen molar-refractivity contribution in [2.24, 2.45) is 20.0 Å². The Balaban J connectivity index is 1.72. The van der Waals surface area contributed by atoms with Crippen molar-refractivity contribution in [2.45, 2.75) is 19.3 Å². The van der Waals surface area contributed by atoms with E-state index >= 15 is 0 Å². The van der Waals surface area contributed by atoms with Gasteiger partial charge in [0.15, 0.2) is 0 Å². The summed E-state index contributed by atoms with van der Waals surface area (Å²) in [4.78, 5) is 26.5. The molecule has 1 atom stereocenters. The first-order valence-electron chi connectivity index (χ1n) is 9.38. The number of rotatable bonds is 5. The molecule has 1 aromatic heterocycles. The highest BCUT2D eigenvalue weighted by atomic mass is 16.5. The monoisotopic (exact) mass is 375 g/mol. The summed E-state index contributed by atoms with van der Waals surface area (Å²) in [5.41, 5.74) is 3.04. The van der Waals surface area contributed by atoms with Crippen LogP contribution in [-0.4, -0.2) is 49.0 Å². The van der Waals surface area contributed by atoms with Gasteiger partial charge in [0.05, 0.1) is 22.4 Å². The number of aromatic nitrogens is 2. The molecule has 2 N–H and O–H groups in total. The van der Waals surface area contributed by atoms with E-state index in [1.54, 1.807) is 23.2 Å². The SMILES string of the molecule is CN(C)c1cc2c(cc1NC(=O)NCC[C@H]1CCCOC1)n(C)c(=O)n2C. The molecule has 8 nitrogen and oxygen atoms in total. The quantitative estimate of drug-likeness (QED) is 0.836. The Morgan fingerprint density at radius 1 is 1.26 bits per heavy atom. The molecule has 1 saturated heterocycles. The molecule has 0 saturated carbocycles. The number of nitrogens with zero attached hydrogens (tertiary/aromatic N) is 3. The molecule has 0 radical (unpaired) electrons. The van der Waals surface area contributed by atoms with Gasteiger partial charge in [0, 0.05) is 47.9 Å². The lowest BCUT2D eigenvalue weighted by Gasteiger charge is -2.22. The molecule has 0 spiro atoms. The summed E-state index contributed by atoms with van der Waals surface area (Å²) in [6.45, 7) is 2.25. The Kier molecular flexibility index (Phi) is 5.74. The van der Waals surface area contributed by atoms with Gasteiger partial charge in [-0.2, -0.15) is 0 Å². The van der Waals surface area contributed by atoms with Crippen LogP contribution >= 0.6 is 0 Å². The molecule has 8 heteroatoms. The first-order valence-corrected chi connectivity index (χ1v) is 9.38. The maximum Gasteiger partial charge on any atom is 0.328 e. The normalized spacial score (nSPS) is 17.1. The molecule has 1 fully saturated rings. The molecular formula is C19H29N5O3. The number of carbonyl (C=O) groups is 1. The first-order chi connectivity index (χ1) is 12.9. The third-order valence-corrected chi connectivity index (χ3v) is 5.21. The number of benzene rings is 1. The van der Waals surface area contributed by atoms with Crippen LogP contribution in [0.1, 0.15) is 19.3 Å². The van der Waals surface area contributed by atoms with Crippen molar-refractivity contribution in [1.82, 2.24) is 14.5 Å². The molecule has 2 heterocycles. The van der Waals surface area contributed by atoms with Crippen molar-refractivity contribution in [3.8, 4) is 0 Å². The molecule has 3 rings (SSSR count). The zero-order valence-corrected chi connectivity index (χ0v) is 16.5. The zero-order chi connectivity index (χ0) is 19.6. The van der Waals surface area contributed by atoms with Crippen molar-refractivity contribution in [3.05, 3.63) is 22.6 Å². The van der Waals surface area contributed by atoms with E-state index < -0.39 is 0 Å². The van der Waals surface area contributed by atoms with E-state index in [1.807, 2.05) is 31.1 Å². The van der Waals surface area contributed by atoms with Gasteiger partial charge < -0.3 is 20.3 Å². The minimum Gasteiger partial charge on any atom is -0.381 e. The predicted octanol–water partition coefficient (Wildman–Crippen LogP) is 1.88. The lowest BCUT2D eigenvalue weighted by Crippen LogP contribution is -2.32. The maximum absolute atomic E-state index is 12.4. The fraction of sp³-hybridized carbons (Fsp3) is 0.579. The topological polar surface area (TPSA) is 80.5 Å². The summed E-state index contributed by atoms with van der Waals surface area (Å²) in [7, 11) is 7.30. The highest BCUT2D eigenvalue weighted by Crippen LogP contribution is 2.29. The Bertz CT molecular complexity index is 878. The van der Waals surface area contributed by atoms with Crippen molar-refractivity contribution in [2.75, 3.05) is 44.1 Å². The number of hydrogen-bond donors (Lipinski definition) is 2. The molecule has 1 aliphatic rings. The van der Waals surface area contributed by atoms with E-state index in [9.17, 15) is 9.59 Å². The number of amides is 2. The molecular weight excluding hydrogens is 346 g/mol. The van der Waals surface area contributed by atoms with Crippen LogP contribution in [0.3, 0.4) is 0 Å². The Morgan fingerprint density at radius 2 is 1.96 bits per heavy atom. The Labute approximate surface area is 159 Å². The average Bonchev–Trinajstić information content (AvgIpc) is 2.86. The van der Waals surface area contributed by atoms with Gasteiger partial charge >= 0.3 is 11.7 Å². The molecule has 0 aliphatic carbocycles. The van der Waals surface area contributed by atoms with E-state index in [2.05, 4.69) is 10.6 Å². The number of hydrogen-bond acceptors (Lipinski definition) is 4. The molecule has 2 aromatic rings. The average molecular weight is 375 g/mol. The second-order valence-electron chi connectivity index (χ2n) is 7.41. The zero-order valence-electron chi connectivity index (χ0n) is 16.5. The predicted molar refractivity (Wildman–Crippen MR) is 108 cm³/mol. The van der Waals surface area contributed by atoms with Crippen LogP contribution in [0.4, 0.5) is 16.2 Å². The Hall–Kier alpha value is -2.48. The van der Waals surface area contributed by atoms with Crippen molar-refractivity contribution < 1.29 is 9.53 Å². The summed E-state index contributed by atoms with van der Waals surface area (Å²) in [5.74, 6) is 0.520. The maximum atomic E-state index is 12.4. The molecule has 1 aromatic carbocycles. The summed E-state index contributed by atoms with van der Waals surface area (Å²) in [6, 6.07) is 3.53. The van der Waals surface area contributed by atoms with Crippen molar-refractivity contribution in [3.63, 3.8) is 0 Å². The van der Waals surface area contributed by atoms with Crippen LogP contribution in [0.15, 0.2) is 16.9 Å². The minimum atomic E-state index is -0.241. The second kappa shape index (κ2) is 8.04. The highest BCUT2D eigenvalue weighted by Gasteiger charge is 2.16. The molecule has 148 valence electrons. The lowest BCUT2D eigenvalue weighted by atomic mass is 9.99. The number of imidazole rings is 1. The number of fused-ring (bicyclic) bond motifs is 1. The van der Waals surface area contributed by atoms with Crippen LogP contribution in [0.5, 0.6) is 0 Å². The van der Waals surface area contributed by atoms with E-state index in [0.29, 0.717) is 18.2 Å².